The molecule has 26 heavy (non-hydrogen) atoms. The summed E-state index contributed by atoms with van der Waals surface area (Å²) >= 11 is 1.52. The fourth-order valence-electron chi connectivity index (χ4n) is 3.01. The van der Waals surface area contributed by atoms with Gasteiger partial charge in [-0.3, -0.25) is 14.5 Å². The molecular weight excluding hydrogens is 358 g/mol. The van der Waals surface area contributed by atoms with Gasteiger partial charge in [0.05, 0.1) is 12.5 Å². The minimum absolute atomic E-state index is 0.0195. The number of phenolic OH excluding ortho intramolecular Hbond substituents is 2. The van der Waals surface area contributed by atoms with E-state index < -0.39 is 29.7 Å². The van der Waals surface area contributed by atoms with Gasteiger partial charge in [0.15, 0.2) is 0 Å². The number of hydrogen-bond acceptors (Lipinski definition) is 7. The summed E-state index contributed by atoms with van der Waals surface area (Å²) in [6.45, 7) is 1.85. The number of phenols is 2. The van der Waals surface area contributed by atoms with Gasteiger partial charge in [-0.25, -0.2) is 4.79 Å². The summed E-state index contributed by atoms with van der Waals surface area (Å²) in [5.74, 6) is -1.65. The molecule has 2 rings (SSSR count). The number of carbonyl (C=O) groups is 3. The maximum Gasteiger partial charge on any atom is 0.329 e. The third-order valence-electron chi connectivity index (χ3n) is 4.28. The van der Waals surface area contributed by atoms with Crippen molar-refractivity contribution in [2.75, 3.05) is 18.6 Å². The fourth-order valence-corrected chi connectivity index (χ4v) is 3.47. The molecule has 1 aliphatic rings. The van der Waals surface area contributed by atoms with Gasteiger partial charge >= 0.3 is 5.97 Å². The van der Waals surface area contributed by atoms with Gasteiger partial charge in [0.1, 0.15) is 17.5 Å². The van der Waals surface area contributed by atoms with E-state index in [1.165, 1.54) is 30.0 Å². The van der Waals surface area contributed by atoms with Gasteiger partial charge in [-0.2, -0.15) is 11.8 Å². The Hall–Kier alpha value is -2.22. The van der Waals surface area contributed by atoms with Crippen molar-refractivity contribution < 1.29 is 29.3 Å². The number of nitrogens with zero attached hydrogens (tertiary/aromatic N) is 1. The first-order chi connectivity index (χ1) is 12.4. The number of esters is 1. The maximum absolute atomic E-state index is 12.8. The second-order valence-electron chi connectivity index (χ2n) is 6.07. The molecule has 142 valence electrons. The molecule has 1 aliphatic heterocycles. The molecular formula is C18H23NO6S. The predicted octanol–water partition coefficient (Wildman–Crippen LogP) is 1.70. The van der Waals surface area contributed by atoms with Gasteiger partial charge < -0.3 is 14.9 Å². The number of aromatic hydroxyl groups is 2. The monoisotopic (exact) mass is 381 g/mol. The van der Waals surface area contributed by atoms with Crippen LogP contribution in [0.3, 0.4) is 0 Å². The van der Waals surface area contributed by atoms with Crippen molar-refractivity contribution >= 4 is 29.5 Å². The van der Waals surface area contributed by atoms with Gasteiger partial charge in [0.25, 0.3) is 0 Å². The first-order valence-corrected chi connectivity index (χ1v) is 9.80. The first kappa shape index (κ1) is 20.1. The number of hydrogen-bond donors (Lipinski definition) is 2. The molecule has 1 saturated heterocycles. The van der Waals surface area contributed by atoms with Crippen molar-refractivity contribution in [3.8, 4) is 11.5 Å². The molecule has 8 heteroatoms. The van der Waals surface area contributed by atoms with E-state index in [2.05, 4.69) is 0 Å². The molecule has 0 aromatic heterocycles. The van der Waals surface area contributed by atoms with Crippen LogP contribution in [0.1, 0.15) is 25.3 Å². The van der Waals surface area contributed by atoms with Crippen LogP contribution in [0.4, 0.5) is 0 Å². The molecule has 1 aromatic carbocycles. The average Bonchev–Trinajstić information content (AvgIpc) is 2.85. The molecule has 0 radical (unpaired) electrons. The molecule has 2 amide bonds. The quantitative estimate of drug-likeness (QED) is 0.522. The third-order valence-corrected chi connectivity index (χ3v) is 4.92. The summed E-state index contributed by atoms with van der Waals surface area (Å²) in [4.78, 5) is 38.5. The Balaban J connectivity index is 2.18. The number of amides is 2. The number of thioether (sulfide) groups is 1. The second-order valence-corrected chi connectivity index (χ2v) is 7.06. The van der Waals surface area contributed by atoms with Crippen LogP contribution in [0.2, 0.25) is 0 Å². The number of benzene rings is 1. The highest BCUT2D eigenvalue weighted by Crippen LogP contribution is 2.31. The predicted molar refractivity (Wildman–Crippen MR) is 96.9 cm³/mol. The zero-order chi connectivity index (χ0) is 19.3. The maximum atomic E-state index is 12.8. The highest BCUT2D eigenvalue weighted by molar-refractivity contribution is 7.98. The van der Waals surface area contributed by atoms with E-state index in [0.29, 0.717) is 17.7 Å². The minimum atomic E-state index is -0.916. The van der Waals surface area contributed by atoms with E-state index in [-0.39, 0.29) is 30.9 Å². The summed E-state index contributed by atoms with van der Waals surface area (Å²) < 4.78 is 5.03. The Morgan fingerprint density at radius 1 is 1.38 bits per heavy atom. The molecule has 0 saturated carbocycles. The zero-order valence-electron chi connectivity index (χ0n) is 14.8. The standard InChI is InChI=1S/C18H23NO6S/c1-3-25-18(24)14(6-7-26-2)19-16(22)9-12(17(19)23)8-11-4-5-13(20)10-15(11)21/h4-5,10,12,14,20-21H,3,6-9H2,1-2H3. The molecule has 0 spiro atoms. The lowest BCUT2D eigenvalue weighted by molar-refractivity contribution is -0.158. The molecule has 2 N–H and O–H groups in total. The first-order valence-electron chi connectivity index (χ1n) is 8.41. The van der Waals surface area contributed by atoms with Crippen LogP contribution in [0, 0.1) is 5.92 Å². The molecule has 7 nitrogen and oxygen atoms in total. The summed E-state index contributed by atoms with van der Waals surface area (Å²) in [7, 11) is 0. The highest BCUT2D eigenvalue weighted by Gasteiger charge is 2.45. The molecule has 1 fully saturated rings. The van der Waals surface area contributed by atoms with E-state index in [1.807, 2.05) is 6.26 Å². The van der Waals surface area contributed by atoms with Gasteiger partial charge in [-0.1, -0.05) is 6.07 Å². The summed E-state index contributed by atoms with van der Waals surface area (Å²) in [5, 5.41) is 19.3. The number of carbonyl (C=O) groups excluding carboxylic acids is 3. The largest absolute Gasteiger partial charge is 0.508 e. The van der Waals surface area contributed by atoms with Crippen LogP contribution in [-0.4, -0.2) is 57.6 Å². The number of rotatable bonds is 8. The molecule has 2 atom stereocenters. The topological polar surface area (TPSA) is 104 Å². The lowest BCUT2D eigenvalue weighted by Crippen LogP contribution is -2.46. The van der Waals surface area contributed by atoms with E-state index >= 15 is 0 Å². The minimum Gasteiger partial charge on any atom is -0.508 e. The van der Waals surface area contributed by atoms with Crippen LogP contribution >= 0.6 is 11.8 Å². The van der Waals surface area contributed by atoms with Crippen molar-refractivity contribution in [1.82, 2.24) is 4.90 Å². The Kier molecular flexibility index (Phi) is 6.90. The van der Waals surface area contributed by atoms with Gasteiger partial charge in [-0.15, -0.1) is 0 Å². The lowest BCUT2D eigenvalue weighted by Gasteiger charge is -2.24. The van der Waals surface area contributed by atoms with Crippen molar-refractivity contribution in [2.24, 2.45) is 5.92 Å². The smallest absolute Gasteiger partial charge is 0.329 e. The normalized spacial score (nSPS) is 18.2. The van der Waals surface area contributed by atoms with E-state index in [1.54, 1.807) is 6.92 Å². The lowest BCUT2D eigenvalue weighted by atomic mass is 9.97. The van der Waals surface area contributed by atoms with E-state index in [4.69, 9.17) is 4.74 Å². The summed E-state index contributed by atoms with van der Waals surface area (Å²) in [6.07, 6.45) is 2.36. The Morgan fingerprint density at radius 2 is 2.12 bits per heavy atom. The van der Waals surface area contributed by atoms with Crippen LogP contribution in [-0.2, 0) is 25.5 Å². The van der Waals surface area contributed by atoms with Gasteiger partial charge in [0, 0.05) is 12.5 Å². The Morgan fingerprint density at radius 3 is 2.73 bits per heavy atom. The Labute approximate surface area is 156 Å². The Bertz CT molecular complexity index is 692. The number of likely N-dealkylation sites (tertiary alicyclic amines) is 1. The fraction of sp³-hybridized carbons (Fsp3) is 0.500. The average molecular weight is 381 g/mol. The van der Waals surface area contributed by atoms with Gasteiger partial charge in [0.2, 0.25) is 11.8 Å². The van der Waals surface area contributed by atoms with E-state index in [9.17, 15) is 24.6 Å². The third kappa shape index (κ3) is 4.49. The SMILES string of the molecule is CCOC(=O)C(CCSC)N1C(=O)CC(Cc2ccc(O)cc2O)C1=O. The van der Waals surface area contributed by atoms with Crippen molar-refractivity contribution in [2.45, 2.75) is 32.2 Å². The molecule has 1 heterocycles. The van der Waals surface area contributed by atoms with Crippen LogP contribution in [0.25, 0.3) is 0 Å². The van der Waals surface area contributed by atoms with Crippen LogP contribution in [0.15, 0.2) is 18.2 Å². The van der Waals surface area contributed by atoms with E-state index in [0.717, 1.165) is 4.90 Å². The molecule has 0 bridgehead atoms. The highest BCUT2D eigenvalue weighted by atomic mass is 32.2. The van der Waals surface area contributed by atoms with Crippen molar-refractivity contribution in [3.05, 3.63) is 23.8 Å². The zero-order valence-corrected chi connectivity index (χ0v) is 15.6. The van der Waals surface area contributed by atoms with Crippen LogP contribution in [0.5, 0.6) is 11.5 Å². The van der Waals surface area contributed by atoms with Crippen LogP contribution < -0.4 is 0 Å². The number of imide groups is 1. The summed E-state index contributed by atoms with van der Waals surface area (Å²) in [5.41, 5.74) is 0.465. The van der Waals surface area contributed by atoms with Crippen molar-refractivity contribution in [1.29, 1.82) is 0 Å². The molecule has 2 unspecified atom stereocenters. The number of ether oxygens (including phenoxy) is 1. The molecule has 1 aromatic rings. The second kappa shape index (κ2) is 8.93. The molecule has 0 aliphatic carbocycles. The van der Waals surface area contributed by atoms with Gasteiger partial charge in [-0.05, 0) is 43.4 Å². The summed E-state index contributed by atoms with van der Waals surface area (Å²) in [6, 6.07) is 3.20. The van der Waals surface area contributed by atoms with Crippen molar-refractivity contribution in [3.63, 3.8) is 0 Å².